The molecule has 3 heterocycles. The highest BCUT2D eigenvalue weighted by Gasteiger charge is 2.22. The van der Waals surface area contributed by atoms with Crippen molar-refractivity contribution in [1.29, 1.82) is 0 Å². The lowest BCUT2D eigenvalue weighted by molar-refractivity contribution is 0.0427. The first-order valence-electron chi connectivity index (χ1n) is 9.80. The zero-order valence-electron chi connectivity index (χ0n) is 18.0. The van der Waals surface area contributed by atoms with Crippen LogP contribution in [0.2, 0.25) is 0 Å². The molecule has 0 aliphatic rings. The van der Waals surface area contributed by atoms with Crippen LogP contribution in [0.3, 0.4) is 0 Å². The van der Waals surface area contributed by atoms with Crippen molar-refractivity contribution in [2.75, 3.05) is 19.5 Å². The van der Waals surface area contributed by atoms with Crippen LogP contribution in [0.4, 0.5) is 5.82 Å². The smallest absolute Gasteiger partial charge is 0.375 e. The first-order valence-corrected chi connectivity index (χ1v) is 10.6. The van der Waals surface area contributed by atoms with Crippen LogP contribution in [0.5, 0.6) is 5.75 Å². The van der Waals surface area contributed by atoms with Crippen LogP contribution in [0.25, 0.3) is 21.2 Å². The Labute approximate surface area is 187 Å². The summed E-state index contributed by atoms with van der Waals surface area (Å²) in [4.78, 5) is 34.4. The molecule has 32 heavy (non-hydrogen) atoms. The summed E-state index contributed by atoms with van der Waals surface area (Å²) in [7, 11) is 1.57. The van der Waals surface area contributed by atoms with E-state index in [4.69, 9.17) is 24.4 Å². The van der Waals surface area contributed by atoms with E-state index in [1.165, 1.54) is 0 Å². The quantitative estimate of drug-likeness (QED) is 0.426. The van der Waals surface area contributed by atoms with E-state index >= 15 is 0 Å². The summed E-state index contributed by atoms with van der Waals surface area (Å²) in [5.74, 6) is 0.102. The maximum atomic E-state index is 12.6. The summed E-state index contributed by atoms with van der Waals surface area (Å²) >= 11 is 1.16. The second kappa shape index (κ2) is 8.46. The highest BCUT2D eigenvalue weighted by atomic mass is 32.1. The number of thiophene rings is 1. The van der Waals surface area contributed by atoms with Gasteiger partial charge >= 0.3 is 11.9 Å². The summed E-state index contributed by atoms with van der Waals surface area (Å²) < 4.78 is 21.3. The highest BCUT2D eigenvalue weighted by molar-refractivity contribution is 7.20. The lowest BCUT2D eigenvalue weighted by atomic mass is 10.1. The molecule has 0 aliphatic carbocycles. The number of carbonyl (C=O) groups is 2. The molecule has 9 nitrogen and oxygen atoms in total. The van der Waals surface area contributed by atoms with E-state index in [0.29, 0.717) is 37.6 Å². The lowest BCUT2D eigenvalue weighted by Gasteiger charge is -2.05. The van der Waals surface area contributed by atoms with Crippen LogP contribution in [0, 0.1) is 13.8 Å². The zero-order valence-corrected chi connectivity index (χ0v) is 18.8. The fourth-order valence-electron chi connectivity index (χ4n) is 3.39. The Bertz CT molecular complexity index is 1360. The number of benzene rings is 1. The number of carbonyl (C=O) groups excluding carboxylic acids is 2. The van der Waals surface area contributed by atoms with Gasteiger partial charge in [0, 0.05) is 10.9 Å². The topological polar surface area (TPSA) is 127 Å². The zero-order chi connectivity index (χ0) is 23.0. The molecule has 0 fully saturated rings. The number of nitrogens with two attached hydrogens (primary N) is 1. The number of hydrogen-bond donors (Lipinski definition) is 1. The molecule has 4 rings (SSSR count). The van der Waals surface area contributed by atoms with E-state index < -0.39 is 11.9 Å². The predicted octanol–water partition coefficient (Wildman–Crippen LogP) is 4.18. The Morgan fingerprint density at radius 1 is 1.12 bits per heavy atom. The Morgan fingerprint density at radius 3 is 2.62 bits per heavy atom. The van der Waals surface area contributed by atoms with E-state index in [9.17, 15) is 9.59 Å². The molecular formula is C22H21N3O6S. The monoisotopic (exact) mass is 455 g/mol. The second-order valence-corrected chi connectivity index (χ2v) is 7.98. The normalized spacial score (nSPS) is 11.1. The fraction of sp³-hybridized carbons (Fsp3) is 0.273. The standard InChI is InChI=1S/C22H21N3O6S/c1-5-29-22(27)18-11(3)16-19(23)24-15(25-20(16)32-18)9-30-21(26)17-10(2)13-8-12(28-4)6-7-14(13)31-17/h6-8H,5,9H2,1-4H3,(H2,23,24,25). The molecule has 2 N–H and O–H groups in total. The van der Waals surface area contributed by atoms with E-state index in [0.717, 1.165) is 16.7 Å². The Morgan fingerprint density at radius 2 is 1.91 bits per heavy atom. The van der Waals surface area contributed by atoms with Crippen LogP contribution in [-0.2, 0) is 16.1 Å². The summed E-state index contributed by atoms with van der Waals surface area (Å²) in [6, 6.07) is 5.28. The number of furan rings is 1. The van der Waals surface area contributed by atoms with Crippen LogP contribution >= 0.6 is 11.3 Å². The molecule has 0 radical (unpaired) electrons. The van der Waals surface area contributed by atoms with Gasteiger partial charge in [0.2, 0.25) is 5.76 Å². The van der Waals surface area contributed by atoms with Crippen LogP contribution in [0.15, 0.2) is 22.6 Å². The largest absolute Gasteiger partial charge is 0.497 e. The summed E-state index contributed by atoms with van der Waals surface area (Å²) in [6.07, 6.45) is 0. The first-order chi connectivity index (χ1) is 15.3. The fourth-order valence-corrected chi connectivity index (χ4v) is 4.49. The van der Waals surface area contributed by atoms with Gasteiger partial charge in [-0.25, -0.2) is 19.6 Å². The van der Waals surface area contributed by atoms with Gasteiger partial charge in [-0.2, -0.15) is 0 Å². The molecular weight excluding hydrogens is 434 g/mol. The van der Waals surface area contributed by atoms with Gasteiger partial charge in [0.05, 0.1) is 19.1 Å². The van der Waals surface area contributed by atoms with Gasteiger partial charge < -0.3 is 24.4 Å². The van der Waals surface area contributed by atoms with Crippen molar-refractivity contribution < 1.29 is 28.2 Å². The van der Waals surface area contributed by atoms with Gasteiger partial charge in [-0.1, -0.05) is 0 Å². The molecule has 0 aliphatic heterocycles. The highest BCUT2D eigenvalue weighted by Crippen LogP contribution is 2.33. The molecule has 10 heteroatoms. The van der Waals surface area contributed by atoms with Crippen molar-refractivity contribution >= 4 is 50.3 Å². The number of nitrogen functional groups attached to an aromatic ring is 1. The van der Waals surface area contributed by atoms with Crippen molar-refractivity contribution in [2.24, 2.45) is 0 Å². The number of anilines is 1. The van der Waals surface area contributed by atoms with E-state index in [1.807, 2.05) is 0 Å². The average molecular weight is 455 g/mol. The van der Waals surface area contributed by atoms with Crippen LogP contribution in [0.1, 0.15) is 44.1 Å². The molecule has 0 bridgehead atoms. The van der Waals surface area contributed by atoms with Gasteiger partial charge in [0.1, 0.15) is 26.9 Å². The number of aryl methyl sites for hydroxylation is 2. The molecule has 0 saturated carbocycles. The maximum Gasteiger partial charge on any atom is 0.375 e. The van der Waals surface area contributed by atoms with Gasteiger partial charge in [0.15, 0.2) is 12.4 Å². The number of methoxy groups -OCH3 is 1. The summed E-state index contributed by atoms with van der Waals surface area (Å²) in [5.41, 5.74) is 7.96. The molecule has 166 valence electrons. The third-order valence-electron chi connectivity index (χ3n) is 4.99. The lowest BCUT2D eigenvalue weighted by Crippen LogP contribution is -2.09. The van der Waals surface area contributed by atoms with Crippen molar-refractivity contribution in [3.05, 3.63) is 45.8 Å². The Balaban J connectivity index is 1.58. The third-order valence-corrected chi connectivity index (χ3v) is 6.15. The van der Waals surface area contributed by atoms with Gasteiger partial charge in [-0.3, -0.25) is 0 Å². The number of hydrogen-bond acceptors (Lipinski definition) is 10. The minimum atomic E-state index is -0.644. The SMILES string of the molecule is CCOC(=O)c1sc2nc(COC(=O)c3oc4ccc(OC)cc4c3C)nc(N)c2c1C. The number of esters is 2. The van der Waals surface area contributed by atoms with Crippen molar-refractivity contribution in [2.45, 2.75) is 27.4 Å². The molecule has 3 aromatic heterocycles. The average Bonchev–Trinajstić information content (AvgIpc) is 3.29. The number of nitrogens with zero attached hydrogens (tertiary/aromatic N) is 2. The second-order valence-electron chi connectivity index (χ2n) is 6.98. The summed E-state index contributed by atoms with van der Waals surface area (Å²) in [6.45, 7) is 5.34. The van der Waals surface area contributed by atoms with E-state index in [2.05, 4.69) is 9.97 Å². The minimum absolute atomic E-state index is 0.0962. The molecule has 0 amide bonds. The predicted molar refractivity (Wildman–Crippen MR) is 119 cm³/mol. The molecule has 0 atom stereocenters. The van der Waals surface area contributed by atoms with Crippen molar-refractivity contribution in [3.8, 4) is 5.75 Å². The first kappa shape index (κ1) is 21.6. The summed E-state index contributed by atoms with van der Waals surface area (Å²) in [5, 5.41) is 1.36. The van der Waals surface area contributed by atoms with Gasteiger partial charge in [-0.15, -0.1) is 11.3 Å². The Hall–Kier alpha value is -3.66. The van der Waals surface area contributed by atoms with Crippen LogP contribution < -0.4 is 10.5 Å². The van der Waals surface area contributed by atoms with Gasteiger partial charge in [0.25, 0.3) is 0 Å². The van der Waals surface area contributed by atoms with Crippen molar-refractivity contribution in [1.82, 2.24) is 9.97 Å². The van der Waals surface area contributed by atoms with Crippen LogP contribution in [-0.4, -0.2) is 35.6 Å². The Kier molecular flexibility index (Phi) is 5.70. The molecule has 4 aromatic rings. The van der Waals surface area contributed by atoms with E-state index in [-0.39, 0.29) is 30.6 Å². The number of ether oxygens (including phenoxy) is 3. The molecule has 0 spiro atoms. The molecule has 0 unspecified atom stereocenters. The maximum absolute atomic E-state index is 12.6. The number of aromatic nitrogens is 2. The van der Waals surface area contributed by atoms with Gasteiger partial charge in [-0.05, 0) is 44.5 Å². The minimum Gasteiger partial charge on any atom is -0.497 e. The molecule has 0 saturated heterocycles. The molecule has 1 aromatic carbocycles. The number of rotatable bonds is 6. The third kappa shape index (κ3) is 3.73. The van der Waals surface area contributed by atoms with Crippen molar-refractivity contribution in [3.63, 3.8) is 0 Å². The van der Waals surface area contributed by atoms with E-state index in [1.54, 1.807) is 46.1 Å². The number of fused-ring (bicyclic) bond motifs is 2.